The van der Waals surface area contributed by atoms with Crippen LogP contribution in [-0.2, 0) is 9.53 Å². The molecular weight excluding hydrogens is 148 g/mol. The molecule has 1 fully saturated rings. The average Bonchev–Trinajstić information content (AvgIpc) is 1.82. The fraction of sp³-hybridized carbons (Fsp3) is 0.857. The van der Waals surface area contributed by atoms with Crippen LogP contribution in [0.3, 0.4) is 0 Å². The number of ketones is 1. The van der Waals surface area contributed by atoms with E-state index in [1.165, 1.54) is 0 Å². The summed E-state index contributed by atoms with van der Waals surface area (Å²) in [6.45, 7) is 3.79. The lowest BCUT2D eigenvalue weighted by atomic mass is 10.0. The molecule has 2 nitrogen and oxygen atoms in total. The molecule has 3 atom stereocenters. The molecule has 0 aromatic carbocycles. The molecule has 0 aromatic rings. The van der Waals surface area contributed by atoms with Gasteiger partial charge in [0, 0.05) is 6.42 Å². The molecule has 0 bridgehead atoms. The highest BCUT2D eigenvalue weighted by atomic mass is 32.1. The highest BCUT2D eigenvalue weighted by Gasteiger charge is 2.29. The van der Waals surface area contributed by atoms with Crippen LogP contribution in [0.2, 0.25) is 0 Å². The third kappa shape index (κ3) is 1.52. The zero-order valence-electron chi connectivity index (χ0n) is 6.20. The van der Waals surface area contributed by atoms with E-state index in [1.807, 2.05) is 13.8 Å². The number of carbonyl (C=O) groups excluding carboxylic acids is 1. The molecule has 1 aliphatic rings. The Bertz CT molecular complexity index is 147. The monoisotopic (exact) mass is 160 g/mol. The lowest BCUT2D eigenvalue weighted by Crippen LogP contribution is -2.39. The van der Waals surface area contributed by atoms with E-state index in [0.717, 1.165) is 0 Å². The largest absolute Gasteiger partial charge is 0.373 e. The highest BCUT2D eigenvalue weighted by molar-refractivity contribution is 7.81. The first-order valence-corrected chi connectivity index (χ1v) is 3.99. The minimum Gasteiger partial charge on any atom is -0.373 e. The summed E-state index contributed by atoms with van der Waals surface area (Å²) in [7, 11) is 0. The van der Waals surface area contributed by atoms with Gasteiger partial charge in [0.05, 0.1) is 17.5 Å². The van der Waals surface area contributed by atoms with E-state index in [0.29, 0.717) is 6.42 Å². The van der Waals surface area contributed by atoms with Crippen molar-refractivity contribution in [3.8, 4) is 0 Å². The predicted octanol–water partition coefficient (Wildman–Crippen LogP) is 1.05. The van der Waals surface area contributed by atoms with Gasteiger partial charge in [-0.1, -0.05) is 0 Å². The fourth-order valence-corrected chi connectivity index (χ4v) is 1.33. The first-order chi connectivity index (χ1) is 4.61. The van der Waals surface area contributed by atoms with Crippen molar-refractivity contribution in [3.63, 3.8) is 0 Å². The molecule has 1 heterocycles. The number of hydrogen-bond donors (Lipinski definition) is 1. The number of hydrogen-bond acceptors (Lipinski definition) is 3. The standard InChI is InChI=1S/C7H12O2S/c1-4-3-6(8)7(10)5(2)9-4/h4-5,7,10H,3H2,1-2H3/t4-,5+,7-/m1/s1. The molecule has 0 amide bonds. The third-order valence-electron chi connectivity index (χ3n) is 1.71. The molecule has 3 heteroatoms. The molecule has 1 aliphatic heterocycles. The van der Waals surface area contributed by atoms with Gasteiger partial charge in [-0.25, -0.2) is 0 Å². The van der Waals surface area contributed by atoms with E-state index < -0.39 is 0 Å². The Balaban J connectivity index is 2.57. The van der Waals surface area contributed by atoms with Gasteiger partial charge in [-0.15, -0.1) is 0 Å². The summed E-state index contributed by atoms with van der Waals surface area (Å²) in [5.41, 5.74) is 0. The maximum Gasteiger partial charge on any atom is 0.150 e. The van der Waals surface area contributed by atoms with Crippen molar-refractivity contribution in [2.75, 3.05) is 0 Å². The smallest absolute Gasteiger partial charge is 0.150 e. The molecule has 0 aromatic heterocycles. The van der Waals surface area contributed by atoms with Crippen LogP contribution in [0.15, 0.2) is 0 Å². The third-order valence-corrected chi connectivity index (χ3v) is 2.42. The fourth-order valence-electron chi connectivity index (χ4n) is 1.15. The van der Waals surface area contributed by atoms with Gasteiger partial charge in [0.25, 0.3) is 0 Å². The lowest BCUT2D eigenvalue weighted by molar-refractivity contribution is -0.131. The SMILES string of the molecule is C[C@@H]1CC(=O)[C@H](S)[C@H](C)O1. The second-order valence-electron chi connectivity index (χ2n) is 2.77. The van der Waals surface area contributed by atoms with Crippen molar-refractivity contribution in [2.45, 2.75) is 37.7 Å². The van der Waals surface area contributed by atoms with E-state index in [-0.39, 0.29) is 23.2 Å². The highest BCUT2D eigenvalue weighted by Crippen LogP contribution is 2.19. The first kappa shape index (κ1) is 8.08. The van der Waals surface area contributed by atoms with Crippen LogP contribution < -0.4 is 0 Å². The quantitative estimate of drug-likeness (QED) is 0.536. The minimum atomic E-state index is -0.212. The van der Waals surface area contributed by atoms with Gasteiger partial charge in [-0.2, -0.15) is 12.6 Å². The number of thiol groups is 1. The Labute approximate surface area is 66.4 Å². The Morgan fingerprint density at radius 3 is 2.70 bits per heavy atom. The van der Waals surface area contributed by atoms with Crippen LogP contribution in [0.5, 0.6) is 0 Å². The van der Waals surface area contributed by atoms with Crippen molar-refractivity contribution in [1.82, 2.24) is 0 Å². The number of ether oxygens (including phenoxy) is 1. The molecular formula is C7H12O2S. The zero-order valence-corrected chi connectivity index (χ0v) is 7.10. The summed E-state index contributed by atoms with van der Waals surface area (Å²) < 4.78 is 5.37. The van der Waals surface area contributed by atoms with Crippen LogP contribution in [-0.4, -0.2) is 23.2 Å². The topological polar surface area (TPSA) is 26.3 Å². The molecule has 0 spiro atoms. The van der Waals surface area contributed by atoms with Crippen LogP contribution >= 0.6 is 12.6 Å². The van der Waals surface area contributed by atoms with Crippen LogP contribution in [0, 0.1) is 0 Å². The molecule has 0 saturated carbocycles. The van der Waals surface area contributed by atoms with Crippen LogP contribution in [0.25, 0.3) is 0 Å². The molecule has 0 radical (unpaired) electrons. The van der Waals surface area contributed by atoms with Crippen LogP contribution in [0.1, 0.15) is 20.3 Å². The number of carbonyl (C=O) groups is 1. The average molecular weight is 160 g/mol. The van der Waals surface area contributed by atoms with Gasteiger partial charge in [0.2, 0.25) is 0 Å². The van der Waals surface area contributed by atoms with Crippen molar-refractivity contribution in [1.29, 1.82) is 0 Å². The second kappa shape index (κ2) is 2.93. The van der Waals surface area contributed by atoms with Crippen molar-refractivity contribution < 1.29 is 9.53 Å². The van der Waals surface area contributed by atoms with Gasteiger partial charge in [-0.3, -0.25) is 4.79 Å². The maximum atomic E-state index is 11.1. The minimum absolute atomic E-state index is 0.0282. The molecule has 0 N–H and O–H groups in total. The molecule has 0 aliphatic carbocycles. The van der Waals surface area contributed by atoms with Crippen molar-refractivity contribution >= 4 is 18.4 Å². The number of rotatable bonds is 0. The van der Waals surface area contributed by atoms with E-state index >= 15 is 0 Å². The zero-order chi connectivity index (χ0) is 7.72. The lowest BCUT2D eigenvalue weighted by Gasteiger charge is -2.28. The van der Waals surface area contributed by atoms with Crippen molar-refractivity contribution in [3.05, 3.63) is 0 Å². The van der Waals surface area contributed by atoms with Gasteiger partial charge in [0.15, 0.2) is 5.78 Å². The Morgan fingerprint density at radius 2 is 2.20 bits per heavy atom. The molecule has 58 valence electrons. The number of Topliss-reactive ketones (excluding diaryl/α,β-unsaturated/α-hetero) is 1. The molecule has 1 rings (SSSR count). The van der Waals surface area contributed by atoms with Crippen molar-refractivity contribution in [2.24, 2.45) is 0 Å². The summed E-state index contributed by atoms with van der Waals surface area (Å²) >= 11 is 4.12. The first-order valence-electron chi connectivity index (χ1n) is 3.47. The summed E-state index contributed by atoms with van der Waals surface area (Å²) in [5, 5.41) is -0.212. The second-order valence-corrected chi connectivity index (χ2v) is 3.32. The van der Waals surface area contributed by atoms with E-state index in [1.54, 1.807) is 0 Å². The predicted molar refractivity (Wildman–Crippen MR) is 42.4 cm³/mol. The summed E-state index contributed by atoms with van der Waals surface area (Å²) in [6, 6.07) is 0. The normalized spacial score (nSPS) is 41.9. The summed E-state index contributed by atoms with van der Waals surface area (Å²) in [5.74, 6) is 0.203. The molecule has 10 heavy (non-hydrogen) atoms. The Hall–Kier alpha value is -0.0200. The Morgan fingerprint density at radius 1 is 1.60 bits per heavy atom. The van der Waals surface area contributed by atoms with Gasteiger partial charge in [-0.05, 0) is 13.8 Å². The van der Waals surface area contributed by atoms with Gasteiger partial charge >= 0.3 is 0 Å². The Kier molecular flexibility index (Phi) is 2.36. The van der Waals surface area contributed by atoms with E-state index in [4.69, 9.17) is 4.74 Å². The molecule has 0 unspecified atom stereocenters. The van der Waals surface area contributed by atoms with Crippen LogP contribution in [0.4, 0.5) is 0 Å². The summed E-state index contributed by atoms with van der Waals surface area (Å²) in [6.07, 6.45) is 0.559. The van der Waals surface area contributed by atoms with E-state index in [9.17, 15) is 4.79 Å². The maximum absolute atomic E-state index is 11.1. The van der Waals surface area contributed by atoms with Gasteiger partial charge in [0.1, 0.15) is 0 Å². The summed E-state index contributed by atoms with van der Waals surface area (Å²) in [4.78, 5) is 11.1. The van der Waals surface area contributed by atoms with Gasteiger partial charge < -0.3 is 4.74 Å². The molecule has 1 saturated heterocycles. The van der Waals surface area contributed by atoms with E-state index in [2.05, 4.69) is 12.6 Å².